The van der Waals surface area contributed by atoms with Crippen LogP contribution in [-0.2, 0) is 14.0 Å². The van der Waals surface area contributed by atoms with Crippen LogP contribution in [-0.4, -0.2) is 38.2 Å². The van der Waals surface area contributed by atoms with Crippen LogP contribution in [0.1, 0.15) is 39.7 Å². The Hall–Kier alpha value is -0.853. The van der Waals surface area contributed by atoms with Gasteiger partial charge in [0.05, 0.1) is 24.7 Å². The van der Waals surface area contributed by atoms with Gasteiger partial charge in [-0.2, -0.15) is 0 Å². The van der Waals surface area contributed by atoms with Crippen LogP contribution in [0.2, 0.25) is 18.1 Å². The number of hydrogen-bond donors (Lipinski definition) is 0. The summed E-state index contributed by atoms with van der Waals surface area (Å²) in [5, 5.41) is 1.11. The minimum atomic E-state index is -1.96. The van der Waals surface area contributed by atoms with Crippen LogP contribution >= 0.6 is 11.8 Å². The first kappa shape index (κ1) is 22.2. The summed E-state index contributed by atoms with van der Waals surface area (Å²) in [7, 11) is -0.527. The van der Waals surface area contributed by atoms with Crippen LogP contribution in [0.5, 0.6) is 0 Å². The van der Waals surface area contributed by atoms with E-state index in [0.717, 1.165) is 16.3 Å². The fraction of sp³-hybridized carbons (Fsp3) is 0.684. The first-order valence-corrected chi connectivity index (χ1v) is 12.7. The van der Waals surface area contributed by atoms with Crippen molar-refractivity contribution in [3.8, 4) is 0 Å². The molecule has 0 fully saturated rings. The summed E-state index contributed by atoms with van der Waals surface area (Å²) in [6, 6.07) is 4.11. The molecule has 4 nitrogen and oxygen atoms in total. The summed E-state index contributed by atoms with van der Waals surface area (Å²) in [6.07, 6.45) is 2.04. The molecular formula is C19H33NO3SSi. The molecule has 0 aromatic carbocycles. The van der Waals surface area contributed by atoms with Crippen molar-refractivity contribution in [2.75, 3.05) is 12.9 Å². The van der Waals surface area contributed by atoms with Crippen molar-refractivity contribution in [3.63, 3.8) is 0 Å². The van der Waals surface area contributed by atoms with E-state index < -0.39 is 8.32 Å². The molecule has 2 unspecified atom stereocenters. The first-order valence-electron chi connectivity index (χ1n) is 8.76. The Morgan fingerprint density at radius 2 is 1.96 bits per heavy atom. The summed E-state index contributed by atoms with van der Waals surface area (Å²) < 4.78 is 11.4. The van der Waals surface area contributed by atoms with Crippen molar-refractivity contribution in [2.24, 2.45) is 5.92 Å². The Balaban J connectivity index is 2.79. The van der Waals surface area contributed by atoms with E-state index in [2.05, 4.69) is 51.8 Å². The Morgan fingerprint density at radius 1 is 1.32 bits per heavy atom. The number of aromatic nitrogens is 1. The van der Waals surface area contributed by atoms with E-state index >= 15 is 0 Å². The molecule has 142 valence electrons. The lowest BCUT2D eigenvalue weighted by molar-refractivity contribution is -0.143. The smallest absolute Gasteiger partial charge is 0.308 e. The number of nitrogens with zero attached hydrogens (tertiary/aromatic N) is 1. The van der Waals surface area contributed by atoms with Gasteiger partial charge < -0.3 is 9.16 Å². The van der Waals surface area contributed by atoms with Gasteiger partial charge >= 0.3 is 5.97 Å². The van der Waals surface area contributed by atoms with Crippen LogP contribution in [0, 0.1) is 12.8 Å². The largest absolute Gasteiger partial charge is 0.469 e. The molecule has 6 heteroatoms. The fourth-order valence-corrected chi connectivity index (χ4v) is 4.39. The highest BCUT2D eigenvalue weighted by Crippen LogP contribution is 2.39. The van der Waals surface area contributed by atoms with Crippen LogP contribution < -0.4 is 0 Å². The standard InChI is InChI=1S/C19H33NO3SSi/c1-14-9-10-17(20-12-14)24-13-15(2)16(11-18(21)22-6)23-25(7,8)19(3,4)5/h9-10,12,15-16H,11,13H2,1-8H3. The topological polar surface area (TPSA) is 48.4 Å². The third-order valence-electron chi connectivity index (χ3n) is 4.86. The SMILES string of the molecule is COC(=O)CC(O[Si](C)(C)C(C)(C)C)C(C)CSc1ccc(C)cn1. The second kappa shape index (κ2) is 9.19. The minimum Gasteiger partial charge on any atom is -0.469 e. The van der Waals surface area contributed by atoms with E-state index in [4.69, 9.17) is 9.16 Å². The maximum absolute atomic E-state index is 11.9. The lowest BCUT2D eigenvalue weighted by atomic mass is 10.0. The Labute approximate surface area is 158 Å². The Bertz CT molecular complexity index is 555. The van der Waals surface area contributed by atoms with Gasteiger partial charge in [0.2, 0.25) is 0 Å². The van der Waals surface area contributed by atoms with E-state index in [1.54, 1.807) is 11.8 Å². The highest BCUT2D eigenvalue weighted by Gasteiger charge is 2.40. The van der Waals surface area contributed by atoms with Crippen molar-refractivity contribution >= 4 is 26.0 Å². The summed E-state index contributed by atoms with van der Waals surface area (Å²) in [5.74, 6) is 0.863. The predicted molar refractivity (Wildman–Crippen MR) is 108 cm³/mol. The molecule has 0 aliphatic carbocycles. The van der Waals surface area contributed by atoms with Gasteiger partial charge in [0, 0.05) is 11.9 Å². The Kier molecular flexibility index (Phi) is 8.16. The van der Waals surface area contributed by atoms with Crippen molar-refractivity contribution in [2.45, 2.75) is 70.3 Å². The van der Waals surface area contributed by atoms with Gasteiger partial charge in [-0.05, 0) is 42.6 Å². The van der Waals surface area contributed by atoms with Gasteiger partial charge in [-0.15, -0.1) is 11.8 Å². The van der Waals surface area contributed by atoms with Crippen LogP contribution in [0.3, 0.4) is 0 Å². The molecule has 25 heavy (non-hydrogen) atoms. The molecule has 1 aromatic rings. The lowest BCUT2D eigenvalue weighted by Crippen LogP contribution is -2.46. The number of methoxy groups -OCH3 is 1. The molecule has 2 atom stereocenters. The maximum Gasteiger partial charge on any atom is 0.308 e. The van der Waals surface area contributed by atoms with E-state index in [-0.39, 0.29) is 23.0 Å². The van der Waals surface area contributed by atoms with Gasteiger partial charge in [-0.25, -0.2) is 4.98 Å². The fourth-order valence-electron chi connectivity index (χ4n) is 2.03. The number of esters is 1. The van der Waals surface area contributed by atoms with Gasteiger partial charge in [0.25, 0.3) is 0 Å². The van der Waals surface area contributed by atoms with Crippen molar-refractivity contribution in [1.82, 2.24) is 4.98 Å². The summed E-state index contributed by atoms with van der Waals surface area (Å²) in [5.41, 5.74) is 1.15. The molecular weight excluding hydrogens is 350 g/mol. The summed E-state index contributed by atoms with van der Waals surface area (Å²) in [4.78, 5) is 16.3. The molecule has 0 aliphatic rings. The molecule has 0 saturated carbocycles. The normalized spacial score (nSPS) is 14.9. The number of hydrogen-bond acceptors (Lipinski definition) is 5. The zero-order chi connectivity index (χ0) is 19.3. The van der Waals surface area contributed by atoms with E-state index in [1.807, 2.05) is 19.2 Å². The van der Waals surface area contributed by atoms with E-state index in [9.17, 15) is 4.79 Å². The van der Waals surface area contributed by atoms with Crippen LogP contribution in [0.4, 0.5) is 0 Å². The van der Waals surface area contributed by atoms with Gasteiger partial charge in [0.15, 0.2) is 8.32 Å². The third kappa shape index (κ3) is 7.11. The molecule has 0 N–H and O–H groups in total. The second-order valence-corrected chi connectivity index (χ2v) is 14.0. The Morgan fingerprint density at radius 3 is 2.44 bits per heavy atom. The number of rotatable bonds is 8. The molecule has 0 saturated heterocycles. The third-order valence-corrected chi connectivity index (χ3v) is 10.6. The molecule has 1 heterocycles. The second-order valence-electron chi connectivity index (χ2n) is 8.16. The average Bonchev–Trinajstić information content (AvgIpc) is 2.52. The van der Waals surface area contributed by atoms with Gasteiger partial charge in [-0.3, -0.25) is 4.79 Å². The molecule has 0 spiro atoms. The van der Waals surface area contributed by atoms with Crippen molar-refractivity contribution in [1.29, 1.82) is 0 Å². The molecule has 0 radical (unpaired) electrons. The number of aryl methyl sites for hydroxylation is 1. The average molecular weight is 384 g/mol. The molecule has 0 bridgehead atoms. The summed E-state index contributed by atoms with van der Waals surface area (Å²) in [6.45, 7) is 15.3. The number of carbonyl (C=O) groups is 1. The number of thioether (sulfide) groups is 1. The number of pyridine rings is 1. The molecule has 1 aromatic heterocycles. The highest BCUT2D eigenvalue weighted by molar-refractivity contribution is 7.99. The predicted octanol–water partition coefficient (Wildman–Crippen LogP) is 5.07. The molecule has 0 aliphatic heterocycles. The highest BCUT2D eigenvalue weighted by atomic mass is 32.2. The van der Waals surface area contributed by atoms with Crippen molar-refractivity contribution < 1.29 is 14.0 Å². The number of ether oxygens (including phenoxy) is 1. The van der Waals surface area contributed by atoms with Gasteiger partial charge in [-0.1, -0.05) is 33.8 Å². The van der Waals surface area contributed by atoms with Crippen LogP contribution in [0.25, 0.3) is 0 Å². The zero-order valence-electron chi connectivity index (χ0n) is 16.9. The molecule has 0 amide bonds. The number of carbonyl (C=O) groups excluding carboxylic acids is 1. The zero-order valence-corrected chi connectivity index (χ0v) is 18.7. The minimum absolute atomic E-state index is 0.104. The molecule has 1 rings (SSSR count). The van der Waals surface area contributed by atoms with E-state index in [0.29, 0.717) is 6.42 Å². The lowest BCUT2D eigenvalue weighted by Gasteiger charge is -2.40. The van der Waals surface area contributed by atoms with Crippen LogP contribution in [0.15, 0.2) is 23.4 Å². The van der Waals surface area contributed by atoms with Gasteiger partial charge in [0.1, 0.15) is 0 Å². The van der Waals surface area contributed by atoms with Crippen molar-refractivity contribution in [3.05, 3.63) is 23.9 Å². The van der Waals surface area contributed by atoms with E-state index in [1.165, 1.54) is 7.11 Å². The first-order chi connectivity index (χ1) is 11.5. The quantitative estimate of drug-likeness (QED) is 0.356. The summed E-state index contributed by atoms with van der Waals surface area (Å²) >= 11 is 1.71. The monoisotopic (exact) mass is 383 g/mol. The maximum atomic E-state index is 11.9.